The van der Waals surface area contributed by atoms with Crippen LogP contribution in [-0.4, -0.2) is 43.4 Å². The molecule has 2 aliphatic heterocycles. The highest BCUT2D eigenvalue weighted by molar-refractivity contribution is 5.46. The molecule has 0 amide bonds. The van der Waals surface area contributed by atoms with E-state index in [0.29, 0.717) is 35.3 Å². The summed E-state index contributed by atoms with van der Waals surface area (Å²) in [6, 6.07) is 15.7. The molecule has 248 valence electrons. The van der Waals surface area contributed by atoms with Crippen LogP contribution in [0.1, 0.15) is 86.1 Å². The van der Waals surface area contributed by atoms with E-state index in [1.807, 2.05) is 30.3 Å². The second-order valence-corrected chi connectivity index (χ2v) is 13.3. The Labute approximate surface area is 268 Å². The van der Waals surface area contributed by atoms with E-state index in [-0.39, 0.29) is 18.4 Å². The molecule has 4 nitrogen and oxygen atoms in total. The van der Waals surface area contributed by atoms with Gasteiger partial charge in [-0.15, -0.1) is 0 Å². The number of hydrogen-bond acceptors (Lipinski definition) is 4. The monoisotopic (exact) mass is 642 g/mol. The molecule has 1 N–H and O–H groups in total. The Morgan fingerprint density at radius 2 is 1.54 bits per heavy atom. The summed E-state index contributed by atoms with van der Waals surface area (Å²) in [5.74, 6) is -1.16. The van der Waals surface area contributed by atoms with Gasteiger partial charge in [0.15, 0.2) is 0 Å². The van der Waals surface area contributed by atoms with Crippen LogP contribution in [0.2, 0.25) is 0 Å². The molecule has 3 aliphatic rings. The third kappa shape index (κ3) is 8.03. The van der Waals surface area contributed by atoms with Crippen molar-refractivity contribution in [3.05, 3.63) is 94.6 Å². The lowest BCUT2D eigenvalue weighted by atomic mass is 9.72. The summed E-state index contributed by atoms with van der Waals surface area (Å²) in [5, 5.41) is 3.48. The Hall–Kier alpha value is -3.17. The average molecular weight is 643 g/mol. The van der Waals surface area contributed by atoms with Gasteiger partial charge in [-0.05, 0) is 112 Å². The van der Waals surface area contributed by atoms with E-state index in [4.69, 9.17) is 9.47 Å². The molecule has 9 heteroatoms. The number of hydrogen-bond donors (Lipinski definition) is 1. The van der Waals surface area contributed by atoms with Crippen molar-refractivity contribution in [1.29, 1.82) is 0 Å². The smallest absolute Gasteiger partial charge is 0.401 e. The van der Waals surface area contributed by atoms with Gasteiger partial charge in [0.05, 0.1) is 18.7 Å². The average Bonchev–Trinajstić information content (AvgIpc) is 3.21. The number of fused-ring (bicyclic) bond motifs is 1. The fourth-order valence-corrected chi connectivity index (χ4v) is 7.79. The molecule has 0 bridgehead atoms. The molecule has 2 atom stereocenters. The summed E-state index contributed by atoms with van der Waals surface area (Å²) < 4.78 is 85.1. The summed E-state index contributed by atoms with van der Waals surface area (Å²) >= 11 is 0. The lowest BCUT2D eigenvalue weighted by Crippen LogP contribution is -2.42. The maximum Gasteiger partial charge on any atom is 0.401 e. The van der Waals surface area contributed by atoms with Gasteiger partial charge in [0, 0.05) is 24.2 Å². The van der Waals surface area contributed by atoms with Crippen molar-refractivity contribution in [2.75, 3.05) is 26.2 Å². The third-order valence-corrected chi connectivity index (χ3v) is 10.1. The van der Waals surface area contributed by atoms with E-state index in [2.05, 4.69) is 5.32 Å². The summed E-state index contributed by atoms with van der Waals surface area (Å²) in [4.78, 5) is 1.12. The van der Waals surface area contributed by atoms with E-state index in [9.17, 15) is 13.2 Å². The SMILES string of the molecule is Fc1cc(OC2CCCC3(CCCNCCC3)CC2)cc(F)c1C1c2ccc(OCc3ccccc3)cc2CCN1CC(F)(F)F. The lowest BCUT2D eigenvalue weighted by Gasteiger charge is -2.38. The fraction of sp³-hybridized carbons (Fsp3) is 0.514. The molecule has 0 aromatic heterocycles. The van der Waals surface area contributed by atoms with E-state index in [1.54, 1.807) is 18.2 Å². The molecule has 1 aliphatic carbocycles. The maximum absolute atomic E-state index is 15.9. The van der Waals surface area contributed by atoms with Crippen LogP contribution in [0.25, 0.3) is 0 Å². The van der Waals surface area contributed by atoms with Crippen LogP contribution < -0.4 is 14.8 Å². The summed E-state index contributed by atoms with van der Waals surface area (Å²) in [6.07, 6.45) is 5.10. The van der Waals surface area contributed by atoms with E-state index in [1.165, 1.54) is 12.8 Å². The van der Waals surface area contributed by atoms with Crippen molar-refractivity contribution in [2.24, 2.45) is 5.41 Å². The quantitative estimate of drug-likeness (QED) is 0.261. The highest BCUT2D eigenvalue weighted by Crippen LogP contribution is 2.45. The van der Waals surface area contributed by atoms with Gasteiger partial charge in [0.2, 0.25) is 0 Å². The summed E-state index contributed by atoms with van der Waals surface area (Å²) in [5.41, 5.74) is 2.05. The van der Waals surface area contributed by atoms with E-state index >= 15 is 8.78 Å². The molecule has 0 radical (unpaired) electrons. The van der Waals surface area contributed by atoms with E-state index < -0.39 is 36.0 Å². The Bertz CT molecular complexity index is 1430. The summed E-state index contributed by atoms with van der Waals surface area (Å²) in [7, 11) is 0. The number of nitrogens with one attached hydrogen (secondary N) is 1. The van der Waals surface area contributed by atoms with Crippen LogP contribution in [0.4, 0.5) is 22.0 Å². The first kappa shape index (κ1) is 32.8. The van der Waals surface area contributed by atoms with Crippen LogP contribution in [0.3, 0.4) is 0 Å². The van der Waals surface area contributed by atoms with Gasteiger partial charge in [0.1, 0.15) is 29.7 Å². The Balaban J connectivity index is 1.22. The normalized spacial score (nSPS) is 22.4. The van der Waals surface area contributed by atoms with Crippen LogP contribution >= 0.6 is 0 Å². The van der Waals surface area contributed by atoms with Gasteiger partial charge in [-0.25, -0.2) is 8.78 Å². The summed E-state index contributed by atoms with van der Waals surface area (Å²) in [6.45, 7) is 1.13. The molecule has 2 unspecified atom stereocenters. The number of halogens is 5. The fourth-order valence-electron chi connectivity index (χ4n) is 7.79. The number of rotatable bonds is 7. The zero-order valence-electron chi connectivity index (χ0n) is 26.2. The Morgan fingerprint density at radius 3 is 2.26 bits per heavy atom. The number of nitrogens with zero attached hydrogens (tertiary/aromatic N) is 1. The van der Waals surface area contributed by atoms with Crippen LogP contribution in [0.5, 0.6) is 11.5 Å². The minimum absolute atomic E-state index is 0.00364. The van der Waals surface area contributed by atoms with Crippen molar-refractivity contribution in [2.45, 2.75) is 89.1 Å². The minimum atomic E-state index is -4.53. The third-order valence-electron chi connectivity index (χ3n) is 10.1. The van der Waals surface area contributed by atoms with E-state index in [0.717, 1.165) is 80.6 Å². The molecule has 1 spiro atoms. The minimum Gasteiger partial charge on any atom is -0.490 e. The maximum atomic E-state index is 15.9. The molecule has 46 heavy (non-hydrogen) atoms. The van der Waals surface area contributed by atoms with Crippen molar-refractivity contribution in [3.63, 3.8) is 0 Å². The highest BCUT2D eigenvalue weighted by Gasteiger charge is 2.40. The molecule has 2 heterocycles. The van der Waals surface area contributed by atoms with Crippen LogP contribution in [0.15, 0.2) is 60.7 Å². The van der Waals surface area contributed by atoms with Gasteiger partial charge in [-0.1, -0.05) is 36.4 Å². The largest absolute Gasteiger partial charge is 0.490 e. The van der Waals surface area contributed by atoms with Gasteiger partial charge < -0.3 is 14.8 Å². The lowest BCUT2D eigenvalue weighted by molar-refractivity contribution is -0.150. The molecule has 6 rings (SSSR count). The zero-order valence-corrected chi connectivity index (χ0v) is 26.2. The number of benzene rings is 3. The van der Waals surface area contributed by atoms with Crippen LogP contribution in [0, 0.1) is 17.0 Å². The predicted molar refractivity (Wildman–Crippen MR) is 168 cm³/mol. The molecular weight excluding hydrogens is 599 g/mol. The molecule has 1 saturated carbocycles. The molecule has 3 aromatic carbocycles. The van der Waals surface area contributed by atoms with Crippen LogP contribution in [-0.2, 0) is 13.0 Å². The van der Waals surface area contributed by atoms with Gasteiger partial charge in [-0.2, -0.15) is 13.2 Å². The van der Waals surface area contributed by atoms with Gasteiger partial charge in [0.25, 0.3) is 0 Å². The molecule has 1 saturated heterocycles. The number of ether oxygens (including phenoxy) is 2. The Morgan fingerprint density at radius 1 is 0.826 bits per heavy atom. The van der Waals surface area contributed by atoms with Gasteiger partial charge in [-0.3, -0.25) is 4.90 Å². The first-order chi connectivity index (χ1) is 22.2. The van der Waals surface area contributed by atoms with Crippen molar-refractivity contribution in [3.8, 4) is 11.5 Å². The first-order valence-electron chi connectivity index (χ1n) is 16.6. The van der Waals surface area contributed by atoms with Crippen molar-refractivity contribution in [1.82, 2.24) is 10.2 Å². The highest BCUT2D eigenvalue weighted by atomic mass is 19.4. The molecular formula is C37H43F5N2O2. The van der Waals surface area contributed by atoms with Crippen molar-refractivity contribution >= 4 is 0 Å². The second-order valence-electron chi connectivity index (χ2n) is 13.3. The zero-order chi connectivity index (χ0) is 32.1. The molecule has 2 fully saturated rings. The second kappa shape index (κ2) is 14.3. The van der Waals surface area contributed by atoms with Crippen molar-refractivity contribution < 1.29 is 31.4 Å². The topological polar surface area (TPSA) is 33.7 Å². The van der Waals surface area contributed by atoms with Gasteiger partial charge >= 0.3 is 6.18 Å². The molecule has 3 aromatic rings. The standard InChI is InChI=1S/C37H43F5N2O2/c38-32-22-30(46-28-9-4-14-36(17-12-28)15-5-18-43-19-6-16-36)23-33(39)34(32)35-31-11-10-29(45-24-26-7-2-1-3-8-26)21-27(31)13-20-44(35)25-37(40,41)42/h1-3,7-8,10-11,21-23,28,35,43H,4-6,9,12-20,24-25H2. The first-order valence-corrected chi connectivity index (χ1v) is 16.6. The predicted octanol–water partition coefficient (Wildman–Crippen LogP) is 8.92. The number of alkyl halides is 3. The Kier molecular flexibility index (Phi) is 10.2.